The molecule has 0 rings (SSSR count). The van der Waals surface area contributed by atoms with Gasteiger partial charge in [-0.15, -0.1) is 0 Å². The molecule has 0 aromatic rings. The summed E-state index contributed by atoms with van der Waals surface area (Å²) in [6, 6.07) is 0. The Labute approximate surface area is 111 Å². The van der Waals surface area contributed by atoms with E-state index in [0.29, 0.717) is 6.42 Å². The molecule has 0 aromatic carbocycles. The topological polar surface area (TPSA) is 75.3 Å². The number of hydrogen-bond acceptors (Lipinski definition) is 3. The van der Waals surface area contributed by atoms with Gasteiger partial charge in [0.05, 0.1) is 0 Å². The Morgan fingerprint density at radius 2 is 1.56 bits per heavy atom. The lowest BCUT2D eigenvalue weighted by Crippen LogP contribution is -2.39. The average molecular weight is 258 g/mol. The van der Waals surface area contributed by atoms with Gasteiger partial charge in [-0.05, 0) is 6.42 Å². The van der Waals surface area contributed by atoms with Crippen molar-refractivity contribution in [2.24, 2.45) is 5.73 Å². The molecule has 4 heteroatoms. The standard InChI is InChI=1S/C14H30N2O2/c1-2-3-4-5-6-7-8-9-10-11-13(17)16-14(18)12-15/h14,18H,2-12,15H2,1H3,(H,16,17). The Morgan fingerprint density at radius 1 is 1.06 bits per heavy atom. The maximum absolute atomic E-state index is 11.3. The van der Waals surface area contributed by atoms with Crippen molar-refractivity contribution in [3.8, 4) is 0 Å². The van der Waals surface area contributed by atoms with Crippen molar-refractivity contribution in [2.45, 2.75) is 77.4 Å². The molecule has 0 heterocycles. The molecular weight excluding hydrogens is 228 g/mol. The average Bonchev–Trinajstić information content (AvgIpc) is 2.36. The Balaban J connectivity index is 3.17. The summed E-state index contributed by atoms with van der Waals surface area (Å²) in [4.78, 5) is 11.3. The molecule has 0 fully saturated rings. The van der Waals surface area contributed by atoms with Crippen LogP contribution in [0.25, 0.3) is 0 Å². The zero-order valence-electron chi connectivity index (χ0n) is 11.8. The quantitative estimate of drug-likeness (QED) is 0.371. The van der Waals surface area contributed by atoms with Crippen molar-refractivity contribution in [1.29, 1.82) is 0 Å². The van der Waals surface area contributed by atoms with Gasteiger partial charge < -0.3 is 16.2 Å². The van der Waals surface area contributed by atoms with Crippen LogP contribution in [0.2, 0.25) is 0 Å². The summed E-state index contributed by atoms with van der Waals surface area (Å²) in [6.45, 7) is 2.30. The van der Waals surface area contributed by atoms with Crippen LogP contribution < -0.4 is 11.1 Å². The van der Waals surface area contributed by atoms with Gasteiger partial charge in [0.2, 0.25) is 5.91 Å². The Hall–Kier alpha value is -0.610. The van der Waals surface area contributed by atoms with Gasteiger partial charge in [0.1, 0.15) is 6.23 Å². The van der Waals surface area contributed by atoms with Crippen LogP contribution in [0.15, 0.2) is 0 Å². The molecule has 1 atom stereocenters. The van der Waals surface area contributed by atoms with E-state index in [-0.39, 0.29) is 12.5 Å². The minimum Gasteiger partial charge on any atom is -0.372 e. The molecule has 4 nitrogen and oxygen atoms in total. The number of carbonyl (C=O) groups excluding carboxylic acids is 1. The fraction of sp³-hybridized carbons (Fsp3) is 0.929. The maximum Gasteiger partial charge on any atom is 0.222 e. The van der Waals surface area contributed by atoms with Crippen LogP contribution in [0.5, 0.6) is 0 Å². The predicted octanol–water partition coefficient (Wildman–Crippen LogP) is 2.30. The zero-order valence-corrected chi connectivity index (χ0v) is 11.8. The van der Waals surface area contributed by atoms with E-state index in [1.165, 1.54) is 44.9 Å². The number of hydrogen-bond donors (Lipinski definition) is 3. The highest BCUT2D eigenvalue weighted by atomic mass is 16.3. The highest BCUT2D eigenvalue weighted by Gasteiger charge is 2.05. The van der Waals surface area contributed by atoms with Crippen molar-refractivity contribution < 1.29 is 9.90 Å². The summed E-state index contributed by atoms with van der Waals surface area (Å²) in [5, 5.41) is 11.6. The van der Waals surface area contributed by atoms with E-state index >= 15 is 0 Å². The van der Waals surface area contributed by atoms with E-state index in [1.54, 1.807) is 0 Å². The molecule has 108 valence electrons. The highest BCUT2D eigenvalue weighted by Crippen LogP contribution is 2.10. The summed E-state index contributed by atoms with van der Waals surface area (Å²) in [5.74, 6) is -0.101. The zero-order chi connectivity index (χ0) is 13.6. The molecule has 1 amide bonds. The molecule has 0 aliphatic rings. The molecule has 1 unspecified atom stereocenters. The SMILES string of the molecule is CCCCCCCCCCCC(=O)NC(O)CN. The van der Waals surface area contributed by atoms with Crippen LogP contribution in [0.1, 0.15) is 71.1 Å². The number of aliphatic hydroxyl groups is 1. The van der Waals surface area contributed by atoms with Crippen molar-refractivity contribution in [3.63, 3.8) is 0 Å². The number of unbranched alkanes of at least 4 members (excludes halogenated alkanes) is 8. The van der Waals surface area contributed by atoms with Gasteiger partial charge in [-0.1, -0.05) is 58.3 Å². The number of nitrogens with one attached hydrogen (secondary N) is 1. The summed E-state index contributed by atoms with van der Waals surface area (Å²) in [6.07, 6.45) is 10.7. The summed E-state index contributed by atoms with van der Waals surface area (Å²) in [7, 11) is 0. The first-order valence-corrected chi connectivity index (χ1v) is 7.38. The van der Waals surface area contributed by atoms with Gasteiger partial charge in [0, 0.05) is 13.0 Å². The molecule has 0 spiro atoms. The minimum atomic E-state index is -0.893. The summed E-state index contributed by atoms with van der Waals surface area (Å²) in [5.41, 5.74) is 5.20. The first kappa shape index (κ1) is 17.4. The fourth-order valence-electron chi connectivity index (χ4n) is 1.91. The van der Waals surface area contributed by atoms with Crippen LogP contribution in [0, 0.1) is 0 Å². The normalized spacial score (nSPS) is 12.4. The third-order valence-electron chi connectivity index (χ3n) is 3.06. The molecule has 0 aromatic heterocycles. The van der Waals surface area contributed by atoms with Crippen LogP contribution in [-0.4, -0.2) is 23.8 Å². The second kappa shape index (κ2) is 12.8. The number of rotatable bonds is 12. The lowest BCUT2D eigenvalue weighted by atomic mass is 10.1. The van der Waals surface area contributed by atoms with Gasteiger partial charge in [-0.25, -0.2) is 0 Å². The molecule has 18 heavy (non-hydrogen) atoms. The third-order valence-corrected chi connectivity index (χ3v) is 3.06. The van der Waals surface area contributed by atoms with E-state index in [1.807, 2.05) is 0 Å². The largest absolute Gasteiger partial charge is 0.372 e. The van der Waals surface area contributed by atoms with Crippen molar-refractivity contribution in [1.82, 2.24) is 5.32 Å². The van der Waals surface area contributed by atoms with E-state index in [4.69, 9.17) is 10.8 Å². The molecule has 0 aliphatic heterocycles. The summed E-state index contributed by atoms with van der Waals surface area (Å²) < 4.78 is 0. The van der Waals surface area contributed by atoms with Crippen LogP contribution >= 0.6 is 0 Å². The lowest BCUT2D eigenvalue weighted by molar-refractivity contribution is -0.124. The third kappa shape index (κ3) is 11.9. The molecule has 4 N–H and O–H groups in total. The number of aliphatic hydroxyl groups excluding tert-OH is 1. The maximum atomic E-state index is 11.3. The van der Waals surface area contributed by atoms with Crippen molar-refractivity contribution in [3.05, 3.63) is 0 Å². The van der Waals surface area contributed by atoms with Gasteiger partial charge in [0.25, 0.3) is 0 Å². The van der Waals surface area contributed by atoms with Crippen LogP contribution in [-0.2, 0) is 4.79 Å². The Morgan fingerprint density at radius 3 is 2.06 bits per heavy atom. The second-order valence-corrected chi connectivity index (χ2v) is 4.90. The first-order valence-electron chi connectivity index (χ1n) is 7.38. The number of nitrogens with two attached hydrogens (primary N) is 1. The molecule has 0 bridgehead atoms. The smallest absolute Gasteiger partial charge is 0.222 e. The van der Waals surface area contributed by atoms with Crippen molar-refractivity contribution in [2.75, 3.05) is 6.54 Å². The van der Waals surface area contributed by atoms with E-state index in [2.05, 4.69) is 12.2 Å². The van der Waals surface area contributed by atoms with Crippen LogP contribution in [0.4, 0.5) is 0 Å². The minimum absolute atomic E-state index is 0.0729. The number of amides is 1. The van der Waals surface area contributed by atoms with Gasteiger partial charge in [0.15, 0.2) is 0 Å². The van der Waals surface area contributed by atoms with Gasteiger partial charge >= 0.3 is 0 Å². The molecule has 0 saturated carbocycles. The van der Waals surface area contributed by atoms with E-state index in [0.717, 1.165) is 12.8 Å². The molecule has 0 radical (unpaired) electrons. The second-order valence-electron chi connectivity index (χ2n) is 4.90. The van der Waals surface area contributed by atoms with E-state index < -0.39 is 6.23 Å². The molecule has 0 aliphatic carbocycles. The fourth-order valence-corrected chi connectivity index (χ4v) is 1.91. The highest BCUT2D eigenvalue weighted by molar-refractivity contribution is 5.75. The van der Waals surface area contributed by atoms with Gasteiger partial charge in [-0.2, -0.15) is 0 Å². The Bertz CT molecular complexity index is 198. The summed E-state index contributed by atoms with van der Waals surface area (Å²) >= 11 is 0. The van der Waals surface area contributed by atoms with Gasteiger partial charge in [-0.3, -0.25) is 4.79 Å². The van der Waals surface area contributed by atoms with Crippen molar-refractivity contribution >= 4 is 5.91 Å². The lowest BCUT2D eigenvalue weighted by Gasteiger charge is -2.09. The molecular formula is C14H30N2O2. The molecule has 0 saturated heterocycles. The monoisotopic (exact) mass is 258 g/mol. The van der Waals surface area contributed by atoms with E-state index in [9.17, 15) is 4.79 Å². The Kier molecular flexibility index (Phi) is 12.4. The predicted molar refractivity (Wildman–Crippen MR) is 75.0 cm³/mol. The van der Waals surface area contributed by atoms with Crippen LogP contribution in [0.3, 0.4) is 0 Å². The number of carbonyl (C=O) groups is 1. The first-order chi connectivity index (χ1) is 8.70.